The van der Waals surface area contributed by atoms with Gasteiger partial charge in [0.25, 0.3) is 0 Å². The Morgan fingerprint density at radius 2 is 2.36 bits per heavy atom. The van der Waals surface area contributed by atoms with E-state index in [1.807, 2.05) is 6.08 Å². The van der Waals surface area contributed by atoms with E-state index in [4.69, 9.17) is 9.47 Å². The maximum absolute atomic E-state index is 9.87. The maximum atomic E-state index is 9.87. The number of ether oxygens (including phenoxy) is 2. The zero-order chi connectivity index (χ0) is 7.73. The van der Waals surface area contributed by atoms with E-state index in [0.29, 0.717) is 26.2 Å². The molecule has 2 aliphatic heterocycles. The van der Waals surface area contributed by atoms with Crippen LogP contribution in [0.25, 0.3) is 0 Å². The average Bonchev–Trinajstić information content (AvgIpc) is 2.55. The smallest absolute Gasteiger partial charge is 0.146 e. The Morgan fingerprint density at radius 1 is 1.45 bits per heavy atom. The lowest BCUT2D eigenvalue weighted by Crippen LogP contribution is -2.31. The van der Waals surface area contributed by atoms with Gasteiger partial charge in [0.05, 0.1) is 19.8 Å². The number of hydrogen-bond acceptors (Lipinski definition) is 3. The summed E-state index contributed by atoms with van der Waals surface area (Å²) in [4.78, 5) is 0. The lowest BCUT2D eigenvalue weighted by atomic mass is 10.0. The summed E-state index contributed by atoms with van der Waals surface area (Å²) in [6.07, 6.45) is 3.53. The van der Waals surface area contributed by atoms with Crippen LogP contribution in [0.2, 0.25) is 0 Å². The highest BCUT2D eigenvalue weighted by molar-refractivity contribution is 5.14. The minimum Gasteiger partial charge on any atom is -0.495 e. The molecule has 2 aliphatic rings. The standard InChI is InChI=1S/C8H12O3/c9-8(3-5-10-6-8)7-2-1-4-11-7/h2,9H,1,3-6H2. The van der Waals surface area contributed by atoms with Crippen molar-refractivity contribution < 1.29 is 14.6 Å². The Kier molecular flexibility index (Phi) is 1.62. The van der Waals surface area contributed by atoms with Gasteiger partial charge >= 0.3 is 0 Å². The Hall–Kier alpha value is -0.540. The predicted octanol–water partition coefficient (Wildman–Crippen LogP) is 0.442. The normalized spacial score (nSPS) is 37.0. The maximum Gasteiger partial charge on any atom is 0.146 e. The fourth-order valence-electron chi connectivity index (χ4n) is 1.49. The summed E-state index contributed by atoms with van der Waals surface area (Å²) in [5, 5.41) is 9.87. The first-order chi connectivity index (χ1) is 5.31. The fourth-order valence-corrected chi connectivity index (χ4v) is 1.49. The van der Waals surface area contributed by atoms with Crippen LogP contribution in [-0.4, -0.2) is 30.5 Å². The highest BCUT2D eigenvalue weighted by atomic mass is 16.5. The van der Waals surface area contributed by atoms with Crippen molar-refractivity contribution in [3.05, 3.63) is 11.8 Å². The average molecular weight is 156 g/mol. The van der Waals surface area contributed by atoms with Crippen molar-refractivity contribution in [1.82, 2.24) is 0 Å². The van der Waals surface area contributed by atoms with Gasteiger partial charge in [-0.25, -0.2) is 0 Å². The van der Waals surface area contributed by atoms with E-state index >= 15 is 0 Å². The molecule has 0 amide bonds. The van der Waals surface area contributed by atoms with E-state index in [1.165, 1.54) is 0 Å². The molecule has 0 bridgehead atoms. The highest BCUT2D eigenvalue weighted by Gasteiger charge is 2.38. The first-order valence-electron chi connectivity index (χ1n) is 3.95. The third-order valence-corrected chi connectivity index (χ3v) is 2.16. The first kappa shape index (κ1) is 7.13. The summed E-state index contributed by atoms with van der Waals surface area (Å²) in [5.74, 6) is 0.718. The fraction of sp³-hybridized carbons (Fsp3) is 0.750. The van der Waals surface area contributed by atoms with Crippen LogP contribution in [0.5, 0.6) is 0 Å². The Bertz CT molecular complexity index is 180. The van der Waals surface area contributed by atoms with Crippen LogP contribution < -0.4 is 0 Å². The number of aliphatic hydroxyl groups is 1. The molecule has 1 fully saturated rings. The molecule has 2 heterocycles. The summed E-state index contributed by atoms with van der Waals surface area (Å²) < 4.78 is 10.4. The minimum absolute atomic E-state index is 0.388. The molecule has 1 atom stereocenters. The van der Waals surface area contributed by atoms with Crippen LogP contribution in [0.3, 0.4) is 0 Å². The molecular weight excluding hydrogens is 144 g/mol. The number of rotatable bonds is 1. The SMILES string of the molecule is OC1(C2=CCCO2)CCOC1. The summed E-state index contributed by atoms with van der Waals surface area (Å²) in [6.45, 7) is 1.73. The molecule has 11 heavy (non-hydrogen) atoms. The van der Waals surface area contributed by atoms with Crippen molar-refractivity contribution in [3.8, 4) is 0 Å². The van der Waals surface area contributed by atoms with Crippen LogP contribution in [0.15, 0.2) is 11.8 Å². The summed E-state index contributed by atoms with van der Waals surface area (Å²) >= 11 is 0. The summed E-state index contributed by atoms with van der Waals surface area (Å²) in [6, 6.07) is 0. The molecule has 0 aromatic rings. The van der Waals surface area contributed by atoms with Crippen LogP contribution in [0, 0.1) is 0 Å². The molecule has 0 aromatic heterocycles. The van der Waals surface area contributed by atoms with Crippen molar-refractivity contribution in [1.29, 1.82) is 0 Å². The lowest BCUT2D eigenvalue weighted by Gasteiger charge is -2.20. The summed E-state index contributed by atoms with van der Waals surface area (Å²) in [5.41, 5.74) is -0.809. The van der Waals surface area contributed by atoms with Crippen molar-refractivity contribution in [3.63, 3.8) is 0 Å². The van der Waals surface area contributed by atoms with Gasteiger partial charge in [-0.1, -0.05) is 0 Å². The second-order valence-electron chi connectivity index (χ2n) is 3.04. The zero-order valence-electron chi connectivity index (χ0n) is 6.38. The lowest BCUT2D eigenvalue weighted by molar-refractivity contribution is 0.0104. The van der Waals surface area contributed by atoms with E-state index in [-0.39, 0.29) is 0 Å². The third-order valence-electron chi connectivity index (χ3n) is 2.16. The molecule has 62 valence electrons. The molecule has 2 rings (SSSR count). The molecule has 3 nitrogen and oxygen atoms in total. The topological polar surface area (TPSA) is 38.7 Å². The Morgan fingerprint density at radius 3 is 2.91 bits per heavy atom. The zero-order valence-corrected chi connectivity index (χ0v) is 6.38. The van der Waals surface area contributed by atoms with E-state index in [0.717, 1.165) is 12.2 Å². The molecule has 0 saturated carbocycles. The molecule has 1 unspecified atom stereocenters. The van der Waals surface area contributed by atoms with Gasteiger partial charge in [-0.3, -0.25) is 0 Å². The van der Waals surface area contributed by atoms with Gasteiger partial charge in [0.2, 0.25) is 0 Å². The van der Waals surface area contributed by atoms with Gasteiger partial charge in [-0.15, -0.1) is 0 Å². The molecule has 3 heteroatoms. The first-order valence-corrected chi connectivity index (χ1v) is 3.95. The molecular formula is C8H12O3. The molecule has 0 radical (unpaired) electrons. The second kappa shape index (κ2) is 2.50. The van der Waals surface area contributed by atoms with Gasteiger partial charge < -0.3 is 14.6 Å². The van der Waals surface area contributed by atoms with Crippen LogP contribution in [0.1, 0.15) is 12.8 Å². The van der Waals surface area contributed by atoms with E-state index in [9.17, 15) is 5.11 Å². The summed E-state index contributed by atoms with van der Waals surface area (Å²) in [7, 11) is 0. The molecule has 1 saturated heterocycles. The minimum atomic E-state index is -0.809. The molecule has 0 spiro atoms. The van der Waals surface area contributed by atoms with Gasteiger partial charge in [0.15, 0.2) is 0 Å². The van der Waals surface area contributed by atoms with Gasteiger partial charge in [0.1, 0.15) is 11.4 Å². The monoisotopic (exact) mass is 156 g/mol. The van der Waals surface area contributed by atoms with Crippen molar-refractivity contribution in [2.24, 2.45) is 0 Å². The van der Waals surface area contributed by atoms with Crippen molar-refractivity contribution in [2.75, 3.05) is 19.8 Å². The number of hydrogen-bond donors (Lipinski definition) is 1. The molecule has 1 N–H and O–H groups in total. The van der Waals surface area contributed by atoms with Gasteiger partial charge in [-0.05, 0) is 6.08 Å². The van der Waals surface area contributed by atoms with Crippen LogP contribution in [0.4, 0.5) is 0 Å². The quantitative estimate of drug-likeness (QED) is 0.598. The predicted molar refractivity (Wildman–Crippen MR) is 39.0 cm³/mol. The largest absolute Gasteiger partial charge is 0.495 e. The third kappa shape index (κ3) is 1.14. The Labute approximate surface area is 65.6 Å². The van der Waals surface area contributed by atoms with Crippen molar-refractivity contribution in [2.45, 2.75) is 18.4 Å². The highest BCUT2D eigenvalue weighted by Crippen LogP contribution is 2.30. The van der Waals surface area contributed by atoms with E-state index in [1.54, 1.807) is 0 Å². The second-order valence-corrected chi connectivity index (χ2v) is 3.04. The van der Waals surface area contributed by atoms with Gasteiger partial charge in [-0.2, -0.15) is 0 Å². The Balaban J connectivity index is 2.12. The van der Waals surface area contributed by atoms with E-state index in [2.05, 4.69) is 0 Å². The van der Waals surface area contributed by atoms with Crippen LogP contribution >= 0.6 is 0 Å². The van der Waals surface area contributed by atoms with Crippen LogP contribution in [-0.2, 0) is 9.47 Å². The molecule has 0 aromatic carbocycles. The van der Waals surface area contributed by atoms with E-state index < -0.39 is 5.60 Å². The van der Waals surface area contributed by atoms with Crippen molar-refractivity contribution >= 4 is 0 Å². The molecule has 0 aliphatic carbocycles. The van der Waals surface area contributed by atoms with Gasteiger partial charge in [0, 0.05) is 12.8 Å².